The molecule has 2 aromatic carbocycles. The number of hydrogen-bond donors (Lipinski definition) is 3. The first-order valence-corrected chi connectivity index (χ1v) is 7.05. The van der Waals surface area contributed by atoms with E-state index in [9.17, 15) is 9.59 Å². The molecular weight excluding hydrogens is 304 g/mol. The Hall–Kier alpha value is -2.53. The normalized spacial score (nSPS) is 10.0. The molecule has 3 N–H and O–H groups in total. The van der Waals surface area contributed by atoms with Gasteiger partial charge in [0.25, 0.3) is 0 Å². The van der Waals surface area contributed by atoms with Crippen LogP contribution in [0.1, 0.15) is 15.9 Å². The third-order valence-corrected chi connectivity index (χ3v) is 3.21. The quantitative estimate of drug-likeness (QED) is 0.790. The summed E-state index contributed by atoms with van der Waals surface area (Å²) in [5.74, 6) is -1.00. The highest BCUT2D eigenvalue weighted by atomic mass is 35.5. The average molecular weight is 319 g/mol. The second-order valence-corrected chi connectivity index (χ2v) is 5.08. The van der Waals surface area contributed by atoms with Gasteiger partial charge in [0.1, 0.15) is 0 Å². The van der Waals surface area contributed by atoms with Gasteiger partial charge in [-0.05, 0) is 48.4 Å². The minimum atomic E-state index is -1.00. The largest absolute Gasteiger partial charge is 0.478 e. The summed E-state index contributed by atoms with van der Waals surface area (Å²) >= 11 is 5.89. The van der Waals surface area contributed by atoms with E-state index < -0.39 is 5.97 Å². The molecule has 0 spiro atoms. The summed E-state index contributed by atoms with van der Waals surface area (Å²) in [5.41, 5.74) is 1.75. The smallest absolute Gasteiger partial charge is 0.335 e. The lowest BCUT2D eigenvalue weighted by atomic mass is 10.1. The summed E-state index contributed by atoms with van der Waals surface area (Å²) < 4.78 is 0. The summed E-state index contributed by atoms with van der Waals surface area (Å²) in [6, 6.07) is 13.1. The van der Waals surface area contributed by atoms with Crippen LogP contribution in [0.4, 0.5) is 10.5 Å². The Balaban J connectivity index is 1.79. The van der Waals surface area contributed by atoms with Gasteiger partial charge in [-0.2, -0.15) is 0 Å². The van der Waals surface area contributed by atoms with Gasteiger partial charge in [-0.1, -0.05) is 23.7 Å². The minimum absolute atomic E-state index is 0.173. The molecule has 0 atom stereocenters. The van der Waals surface area contributed by atoms with E-state index in [1.54, 1.807) is 18.2 Å². The first-order valence-electron chi connectivity index (χ1n) is 6.67. The Labute approximate surface area is 132 Å². The van der Waals surface area contributed by atoms with Crippen molar-refractivity contribution in [1.29, 1.82) is 0 Å². The summed E-state index contributed by atoms with van der Waals surface area (Å²) in [7, 11) is 0. The van der Waals surface area contributed by atoms with Crippen LogP contribution in [-0.2, 0) is 6.42 Å². The Morgan fingerprint density at radius 1 is 1.09 bits per heavy atom. The summed E-state index contributed by atoms with van der Waals surface area (Å²) in [6.45, 7) is 0.472. The molecule has 0 unspecified atom stereocenters. The minimum Gasteiger partial charge on any atom is -0.478 e. The van der Waals surface area contributed by atoms with Gasteiger partial charge in [-0.25, -0.2) is 9.59 Å². The van der Waals surface area contributed by atoms with Gasteiger partial charge in [0.05, 0.1) is 5.56 Å². The van der Waals surface area contributed by atoms with E-state index in [1.807, 2.05) is 18.2 Å². The Morgan fingerprint density at radius 2 is 1.82 bits per heavy atom. The van der Waals surface area contributed by atoms with Gasteiger partial charge in [-0.15, -0.1) is 0 Å². The zero-order valence-electron chi connectivity index (χ0n) is 11.7. The van der Waals surface area contributed by atoms with E-state index in [1.165, 1.54) is 12.1 Å². The number of rotatable bonds is 5. The summed E-state index contributed by atoms with van der Waals surface area (Å²) in [6.07, 6.45) is 0.673. The monoisotopic (exact) mass is 318 g/mol. The van der Waals surface area contributed by atoms with Crippen LogP contribution in [0, 0.1) is 0 Å². The fourth-order valence-corrected chi connectivity index (χ4v) is 2.10. The first-order chi connectivity index (χ1) is 10.5. The molecular formula is C16H15ClN2O3. The van der Waals surface area contributed by atoms with Crippen LogP contribution < -0.4 is 10.6 Å². The van der Waals surface area contributed by atoms with E-state index in [2.05, 4.69) is 10.6 Å². The van der Waals surface area contributed by atoms with Crippen molar-refractivity contribution < 1.29 is 14.7 Å². The molecule has 0 aliphatic heterocycles. The van der Waals surface area contributed by atoms with Gasteiger partial charge in [0, 0.05) is 17.3 Å². The van der Waals surface area contributed by atoms with Crippen LogP contribution in [-0.4, -0.2) is 23.7 Å². The van der Waals surface area contributed by atoms with Crippen molar-refractivity contribution in [3.05, 3.63) is 64.7 Å². The number of carbonyl (C=O) groups is 2. The highest BCUT2D eigenvalue weighted by Crippen LogP contribution is 2.11. The second kappa shape index (κ2) is 7.47. The maximum atomic E-state index is 11.7. The van der Waals surface area contributed by atoms with Crippen molar-refractivity contribution in [2.24, 2.45) is 0 Å². The molecule has 22 heavy (non-hydrogen) atoms. The third kappa shape index (κ3) is 4.79. The van der Waals surface area contributed by atoms with Crippen molar-refractivity contribution in [3.63, 3.8) is 0 Å². The van der Waals surface area contributed by atoms with Crippen LogP contribution in [0.5, 0.6) is 0 Å². The SMILES string of the molecule is O=C(NCCc1cccc(Cl)c1)Nc1ccc(C(=O)O)cc1. The highest BCUT2D eigenvalue weighted by Gasteiger charge is 2.04. The van der Waals surface area contributed by atoms with Crippen LogP contribution in [0.25, 0.3) is 0 Å². The summed E-state index contributed by atoms with van der Waals surface area (Å²) in [5, 5.41) is 14.8. The number of urea groups is 1. The number of carboxylic acids is 1. The molecule has 2 aromatic rings. The van der Waals surface area contributed by atoms with E-state index in [0.717, 1.165) is 5.56 Å². The maximum Gasteiger partial charge on any atom is 0.335 e. The lowest BCUT2D eigenvalue weighted by Crippen LogP contribution is -2.30. The predicted molar refractivity (Wildman–Crippen MR) is 85.6 cm³/mol. The van der Waals surface area contributed by atoms with E-state index in [-0.39, 0.29) is 11.6 Å². The molecule has 0 aliphatic carbocycles. The number of anilines is 1. The topological polar surface area (TPSA) is 78.4 Å². The zero-order valence-corrected chi connectivity index (χ0v) is 12.4. The Morgan fingerprint density at radius 3 is 2.45 bits per heavy atom. The van der Waals surface area contributed by atoms with Crippen molar-refractivity contribution in [2.45, 2.75) is 6.42 Å². The van der Waals surface area contributed by atoms with Crippen molar-refractivity contribution in [2.75, 3.05) is 11.9 Å². The molecule has 0 fully saturated rings. The summed E-state index contributed by atoms with van der Waals surface area (Å²) in [4.78, 5) is 22.4. The van der Waals surface area contributed by atoms with E-state index in [4.69, 9.17) is 16.7 Å². The predicted octanol–water partition coefficient (Wildman–Crippen LogP) is 3.40. The number of nitrogens with one attached hydrogen (secondary N) is 2. The van der Waals surface area contributed by atoms with E-state index in [0.29, 0.717) is 23.7 Å². The molecule has 0 bridgehead atoms. The standard InChI is InChI=1S/C16H15ClN2O3/c17-13-3-1-2-11(10-13)8-9-18-16(22)19-14-6-4-12(5-7-14)15(20)21/h1-7,10H,8-9H2,(H,20,21)(H2,18,19,22). The molecule has 5 nitrogen and oxygen atoms in total. The molecule has 0 radical (unpaired) electrons. The van der Waals surface area contributed by atoms with Crippen LogP contribution in [0.2, 0.25) is 5.02 Å². The van der Waals surface area contributed by atoms with Gasteiger partial charge in [0.2, 0.25) is 0 Å². The van der Waals surface area contributed by atoms with Gasteiger partial charge < -0.3 is 15.7 Å². The molecule has 2 amide bonds. The molecule has 0 aliphatic rings. The van der Waals surface area contributed by atoms with Gasteiger partial charge >= 0.3 is 12.0 Å². The lowest BCUT2D eigenvalue weighted by Gasteiger charge is -2.08. The molecule has 0 saturated carbocycles. The second-order valence-electron chi connectivity index (χ2n) is 4.64. The number of carboxylic acid groups (broad SMARTS) is 1. The van der Waals surface area contributed by atoms with Crippen molar-refractivity contribution in [1.82, 2.24) is 5.32 Å². The number of benzene rings is 2. The van der Waals surface area contributed by atoms with E-state index >= 15 is 0 Å². The fourth-order valence-electron chi connectivity index (χ4n) is 1.88. The maximum absolute atomic E-state index is 11.7. The van der Waals surface area contributed by atoms with Crippen molar-refractivity contribution in [3.8, 4) is 0 Å². The molecule has 2 rings (SSSR count). The molecule has 6 heteroatoms. The first kappa shape index (κ1) is 15.9. The highest BCUT2D eigenvalue weighted by molar-refractivity contribution is 6.30. The molecule has 0 aromatic heterocycles. The molecule has 0 saturated heterocycles. The number of carbonyl (C=O) groups excluding carboxylic acids is 1. The molecule has 0 heterocycles. The number of halogens is 1. The van der Waals surface area contributed by atoms with Crippen LogP contribution in [0.3, 0.4) is 0 Å². The lowest BCUT2D eigenvalue weighted by molar-refractivity contribution is 0.0697. The zero-order chi connectivity index (χ0) is 15.9. The Kier molecular flexibility index (Phi) is 5.38. The number of aromatic carboxylic acids is 1. The fraction of sp³-hybridized carbons (Fsp3) is 0.125. The van der Waals surface area contributed by atoms with Gasteiger partial charge in [0.15, 0.2) is 0 Å². The third-order valence-electron chi connectivity index (χ3n) is 2.98. The molecule has 114 valence electrons. The number of amides is 2. The number of hydrogen-bond acceptors (Lipinski definition) is 2. The van der Waals surface area contributed by atoms with Crippen LogP contribution in [0.15, 0.2) is 48.5 Å². The average Bonchev–Trinajstić information content (AvgIpc) is 2.48. The van der Waals surface area contributed by atoms with Gasteiger partial charge in [-0.3, -0.25) is 0 Å². The van der Waals surface area contributed by atoms with Crippen molar-refractivity contribution >= 4 is 29.3 Å². The Bertz CT molecular complexity index is 671. The van der Waals surface area contributed by atoms with Crippen LogP contribution >= 0.6 is 11.6 Å².